The highest BCUT2D eigenvalue weighted by molar-refractivity contribution is 14.0. The maximum atomic E-state index is 13.8. The number of hydrogen-bond acceptors (Lipinski definition) is 4. The normalized spacial score (nSPS) is 16.0. The molecule has 1 saturated carbocycles. The van der Waals surface area contributed by atoms with Crippen molar-refractivity contribution in [2.75, 3.05) is 39.6 Å². The van der Waals surface area contributed by atoms with Gasteiger partial charge in [-0.25, -0.2) is 4.39 Å². The van der Waals surface area contributed by atoms with Crippen LogP contribution >= 0.6 is 24.0 Å². The zero-order valence-corrected chi connectivity index (χ0v) is 18.8. The average Bonchev–Trinajstić information content (AvgIpc) is 3.48. The molecule has 158 valence electrons. The van der Waals surface area contributed by atoms with Gasteiger partial charge in [-0.1, -0.05) is 0 Å². The van der Waals surface area contributed by atoms with Gasteiger partial charge in [0.1, 0.15) is 11.6 Å². The van der Waals surface area contributed by atoms with Crippen molar-refractivity contribution < 1.29 is 18.6 Å². The Bertz CT molecular complexity index is 641. The van der Waals surface area contributed by atoms with Gasteiger partial charge in [0.25, 0.3) is 0 Å². The van der Waals surface area contributed by atoms with Crippen molar-refractivity contribution in [2.45, 2.75) is 39.2 Å². The van der Waals surface area contributed by atoms with Crippen molar-refractivity contribution in [3.8, 4) is 5.75 Å². The lowest BCUT2D eigenvalue weighted by molar-refractivity contribution is -0.0172. The van der Waals surface area contributed by atoms with Crippen LogP contribution in [0.4, 0.5) is 4.39 Å². The third-order valence-electron chi connectivity index (χ3n) is 4.55. The Labute approximate surface area is 183 Å². The Hall–Kier alpha value is -1.13. The lowest BCUT2D eigenvalue weighted by Crippen LogP contribution is -2.38. The van der Waals surface area contributed by atoms with Crippen LogP contribution in [0.2, 0.25) is 0 Å². The molecular formula is C20H31FIN3O3. The third-order valence-corrected chi connectivity index (χ3v) is 4.55. The molecule has 1 heterocycles. The quantitative estimate of drug-likeness (QED) is 0.221. The molecule has 1 aliphatic heterocycles. The molecule has 0 bridgehead atoms. The SMILES string of the molecule is CCNC(=NCCCOCC1CC1)NCCc1cc(F)cc2c1OCOC2.I. The molecule has 0 saturated heterocycles. The number of rotatable bonds is 10. The Morgan fingerprint density at radius 1 is 1.32 bits per heavy atom. The van der Waals surface area contributed by atoms with Crippen LogP contribution in [-0.2, 0) is 22.5 Å². The first kappa shape index (κ1) is 23.2. The molecular weight excluding hydrogens is 476 g/mol. The second kappa shape index (κ2) is 12.4. The molecule has 1 aromatic rings. The molecule has 8 heteroatoms. The predicted octanol–water partition coefficient (Wildman–Crippen LogP) is 3.22. The van der Waals surface area contributed by atoms with E-state index < -0.39 is 0 Å². The number of hydrogen-bond donors (Lipinski definition) is 2. The monoisotopic (exact) mass is 507 g/mol. The van der Waals surface area contributed by atoms with Crippen molar-refractivity contribution in [3.63, 3.8) is 0 Å². The number of benzene rings is 1. The number of nitrogens with zero attached hydrogens (tertiary/aromatic N) is 1. The van der Waals surface area contributed by atoms with Crippen LogP contribution in [0.5, 0.6) is 5.75 Å². The predicted molar refractivity (Wildman–Crippen MR) is 118 cm³/mol. The molecule has 28 heavy (non-hydrogen) atoms. The summed E-state index contributed by atoms with van der Waals surface area (Å²) >= 11 is 0. The van der Waals surface area contributed by atoms with Gasteiger partial charge >= 0.3 is 0 Å². The summed E-state index contributed by atoms with van der Waals surface area (Å²) in [6, 6.07) is 3.01. The van der Waals surface area contributed by atoms with E-state index in [9.17, 15) is 4.39 Å². The summed E-state index contributed by atoms with van der Waals surface area (Å²) in [5.41, 5.74) is 1.62. The van der Waals surface area contributed by atoms with Crippen LogP contribution in [0.3, 0.4) is 0 Å². The highest BCUT2D eigenvalue weighted by atomic mass is 127. The van der Waals surface area contributed by atoms with E-state index in [1.807, 2.05) is 6.92 Å². The lowest BCUT2D eigenvalue weighted by Gasteiger charge is -2.21. The van der Waals surface area contributed by atoms with Gasteiger partial charge in [0, 0.05) is 38.4 Å². The van der Waals surface area contributed by atoms with Crippen LogP contribution in [0.25, 0.3) is 0 Å². The van der Waals surface area contributed by atoms with Gasteiger partial charge in [-0.3, -0.25) is 4.99 Å². The fraction of sp³-hybridized carbons (Fsp3) is 0.650. The number of fused-ring (bicyclic) bond motifs is 1. The highest BCUT2D eigenvalue weighted by Gasteiger charge is 2.20. The second-order valence-corrected chi connectivity index (χ2v) is 6.97. The van der Waals surface area contributed by atoms with Crippen molar-refractivity contribution in [1.82, 2.24) is 10.6 Å². The van der Waals surface area contributed by atoms with Crippen LogP contribution in [0.1, 0.15) is 37.3 Å². The maximum absolute atomic E-state index is 13.8. The van der Waals surface area contributed by atoms with E-state index >= 15 is 0 Å². The molecule has 0 radical (unpaired) electrons. The van der Waals surface area contributed by atoms with E-state index in [-0.39, 0.29) is 36.6 Å². The van der Waals surface area contributed by atoms with Crippen LogP contribution in [0.15, 0.2) is 17.1 Å². The van der Waals surface area contributed by atoms with Crippen molar-refractivity contribution in [2.24, 2.45) is 10.9 Å². The third kappa shape index (κ3) is 7.71. The molecule has 1 aromatic carbocycles. The summed E-state index contributed by atoms with van der Waals surface area (Å²) in [5, 5.41) is 6.54. The molecule has 1 fully saturated rings. The Kier molecular flexibility index (Phi) is 10.3. The van der Waals surface area contributed by atoms with E-state index in [1.54, 1.807) is 0 Å². The van der Waals surface area contributed by atoms with Gasteiger partial charge in [0.2, 0.25) is 0 Å². The van der Waals surface area contributed by atoms with Gasteiger partial charge in [-0.2, -0.15) is 0 Å². The molecule has 6 nitrogen and oxygen atoms in total. The largest absolute Gasteiger partial charge is 0.467 e. The fourth-order valence-corrected chi connectivity index (χ4v) is 2.99. The molecule has 1 aliphatic carbocycles. The molecule has 0 spiro atoms. The minimum atomic E-state index is -0.260. The minimum Gasteiger partial charge on any atom is -0.467 e. The van der Waals surface area contributed by atoms with Gasteiger partial charge in [-0.05, 0) is 56.2 Å². The zero-order chi connectivity index (χ0) is 18.9. The lowest BCUT2D eigenvalue weighted by atomic mass is 10.1. The number of aliphatic imine (C=N–C) groups is 1. The summed E-state index contributed by atoms with van der Waals surface area (Å²) in [6.07, 6.45) is 4.20. The maximum Gasteiger partial charge on any atom is 0.191 e. The average molecular weight is 507 g/mol. The fourth-order valence-electron chi connectivity index (χ4n) is 2.99. The van der Waals surface area contributed by atoms with Gasteiger partial charge in [0.15, 0.2) is 12.8 Å². The zero-order valence-electron chi connectivity index (χ0n) is 16.5. The standard InChI is InChI=1S/C20H30FN3O3.HI/c1-2-22-20(23-7-3-9-25-12-15-4-5-15)24-8-6-16-10-18(21)11-17-13-26-14-27-19(16)17;/h10-11,15H,2-9,12-14H2,1H3,(H2,22,23,24);1H. The molecule has 2 N–H and O–H groups in total. The van der Waals surface area contributed by atoms with Gasteiger partial charge < -0.3 is 24.8 Å². The summed E-state index contributed by atoms with van der Waals surface area (Å²) in [7, 11) is 0. The molecule has 2 aliphatic rings. The number of ether oxygens (including phenoxy) is 3. The summed E-state index contributed by atoms with van der Waals surface area (Å²) in [5.74, 6) is 2.06. The molecule has 0 aromatic heterocycles. The summed E-state index contributed by atoms with van der Waals surface area (Å²) < 4.78 is 30.2. The van der Waals surface area contributed by atoms with E-state index in [0.717, 1.165) is 61.5 Å². The van der Waals surface area contributed by atoms with E-state index in [2.05, 4.69) is 15.6 Å². The molecule has 0 atom stereocenters. The van der Waals surface area contributed by atoms with Crippen molar-refractivity contribution in [3.05, 3.63) is 29.1 Å². The first-order chi connectivity index (χ1) is 13.3. The minimum absolute atomic E-state index is 0. The summed E-state index contributed by atoms with van der Waals surface area (Å²) in [6.45, 7) is 6.44. The molecule has 0 amide bonds. The molecule has 0 unspecified atom stereocenters. The Morgan fingerprint density at radius 2 is 2.18 bits per heavy atom. The Morgan fingerprint density at radius 3 is 2.96 bits per heavy atom. The highest BCUT2D eigenvalue weighted by Crippen LogP contribution is 2.30. The van der Waals surface area contributed by atoms with Crippen LogP contribution in [-0.4, -0.2) is 45.6 Å². The topological polar surface area (TPSA) is 64.1 Å². The number of nitrogens with one attached hydrogen (secondary N) is 2. The van der Waals surface area contributed by atoms with E-state index in [4.69, 9.17) is 14.2 Å². The van der Waals surface area contributed by atoms with E-state index in [0.29, 0.717) is 19.6 Å². The van der Waals surface area contributed by atoms with Crippen molar-refractivity contribution in [1.29, 1.82) is 0 Å². The van der Waals surface area contributed by atoms with E-state index in [1.165, 1.54) is 25.0 Å². The second-order valence-electron chi connectivity index (χ2n) is 6.97. The van der Waals surface area contributed by atoms with Crippen LogP contribution < -0.4 is 15.4 Å². The number of guanidine groups is 1. The first-order valence-corrected chi connectivity index (χ1v) is 9.88. The number of halogens is 2. The Balaban J connectivity index is 0.00000280. The van der Waals surface area contributed by atoms with Gasteiger partial charge in [-0.15, -0.1) is 24.0 Å². The smallest absolute Gasteiger partial charge is 0.191 e. The first-order valence-electron chi connectivity index (χ1n) is 9.88. The van der Waals surface area contributed by atoms with Crippen molar-refractivity contribution >= 4 is 29.9 Å². The van der Waals surface area contributed by atoms with Crippen LogP contribution in [0, 0.1) is 11.7 Å². The summed E-state index contributed by atoms with van der Waals surface area (Å²) in [4.78, 5) is 4.57. The van der Waals surface area contributed by atoms with Gasteiger partial charge in [0.05, 0.1) is 6.61 Å². The molecule has 3 rings (SSSR count).